The molecule has 1 atom stereocenters. The Hall–Kier alpha value is -1.08. The summed E-state index contributed by atoms with van der Waals surface area (Å²) in [6, 6.07) is 4.33. The number of hydrogen-bond acceptors (Lipinski definition) is 4. The smallest absolute Gasteiger partial charge is 0.426 e. The second-order valence-electron chi connectivity index (χ2n) is 5.18. The van der Waals surface area contributed by atoms with Gasteiger partial charge in [-0.2, -0.15) is 0 Å². The Bertz CT molecular complexity index is 691. The Morgan fingerprint density at radius 3 is 2.57 bits per heavy atom. The van der Waals surface area contributed by atoms with Gasteiger partial charge in [0.2, 0.25) is 5.91 Å². The normalized spacial score (nSPS) is 16.0. The molecule has 23 heavy (non-hydrogen) atoms. The molecule has 1 aromatic rings. The minimum absolute atomic E-state index is 0.142. The van der Waals surface area contributed by atoms with Gasteiger partial charge in [-0.25, -0.2) is 0 Å². The maximum absolute atomic E-state index is 12.2. The van der Waals surface area contributed by atoms with Crippen molar-refractivity contribution in [2.45, 2.75) is 39.0 Å². The first-order valence-corrected chi connectivity index (χ1v) is 7.74. The Labute approximate surface area is 150 Å². The number of amides is 1. The van der Waals surface area contributed by atoms with Gasteiger partial charge >= 0.3 is 7.12 Å². The molecule has 126 valence electrons. The second-order valence-corrected chi connectivity index (χ2v) is 6.03. The number of rotatable bonds is 8. The third kappa shape index (κ3) is 6.91. The summed E-state index contributed by atoms with van der Waals surface area (Å²) in [5.74, 6) is -4.80. The van der Waals surface area contributed by atoms with Gasteiger partial charge in [0.15, 0.2) is 5.78 Å². The van der Waals surface area contributed by atoms with Crippen LogP contribution in [0.5, 0.6) is 0 Å². The van der Waals surface area contributed by atoms with Crippen molar-refractivity contribution >= 4 is 42.0 Å². The van der Waals surface area contributed by atoms with E-state index < -0.39 is 37.0 Å². The summed E-state index contributed by atoms with van der Waals surface area (Å²) in [6.45, 7) is 2.89. The number of carbonyl (C=O) groups is 2. The van der Waals surface area contributed by atoms with Crippen molar-refractivity contribution in [2.24, 2.45) is 5.92 Å². The van der Waals surface area contributed by atoms with E-state index in [1.807, 2.05) is 5.32 Å². The lowest BCUT2D eigenvalue weighted by Crippen LogP contribution is -2.47. The van der Waals surface area contributed by atoms with E-state index in [9.17, 15) is 19.6 Å². The van der Waals surface area contributed by atoms with E-state index in [2.05, 4.69) is 0 Å². The molecule has 5 nitrogen and oxygen atoms in total. The van der Waals surface area contributed by atoms with Crippen LogP contribution in [0.2, 0.25) is 10.0 Å². The quantitative estimate of drug-likeness (QED) is 0.489. The number of halogens is 2. The Morgan fingerprint density at radius 2 is 2.00 bits per heavy atom. The van der Waals surface area contributed by atoms with Gasteiger partial charge in [0.05, 0.1) is 10.9 Å². The molecule has 0 aromatic heterocycles. The van der Waals surface area contributed by atoms with Gasteiger partial charge in [-0.05, 0) is 30.5 Å². The molecule has 8 heteroatoms. The molecule has 0 aliphatic heterocycles. The Morgan fingerprint density at radius 1 is 1.35 bits per heavy atom. The minimum Gasteiger partial charge on any atom is -0.426 e. The van der Waals surface area contributed by atoms with Crippen LogP contribution in [0.25, 0.3) is 0 Å². The van der Waals surface area contributed by atoms with Crippen molar-refractivity contribution in [3.8, 4) is 0 Å². The van der Waals surface area contributed by atoms with Crippen molar-refractivity contribution in [1.82, 2.24) is 5.32 Å². The monoisotopic (exact) mass is 362 g/mol. The summed E-state index contributed by atoms with van der Waals surface area (Å²) in [6.07, 6.45) is -3.09. The molecule has 1 rings (SSSR count). The topological polar surface area (TPSA) is 86.6 Å². The van der Waals surface area contributed by atoms with E-state index in [1.54, 1.807) is 0 Å². The predicted molar refractivity (Wildman–Crippen MR) is 91.6 cm³/mol. The number of hydrogen-bond donors (Lipinski definition) is 3. The maximum Gasteiger partial charge on any atom is 0.475 e. The largest absolute Gasteiger partial charge is 0.475 e. The van der Waals surface area contributed by atoms with Crippen LogP contribution in [-0.2, 0) is 4.79 Å². The van der Waals surface area contributed by atoms with Crippen LogP contribution in [0.15, 0.2) is 18.2 Å². The molecule has 0 aliphatic rings. The highest BCUT2D eigenvalue weighted by Gasteiger charge is 2.26. The number of Topliss-reactive ketones (excluding diaryl/α,β-unsaturated/α-hetero) is 1. The lowest BCUT2D eigenvalue weighted by molar-refractivity contribution is -0.121. The second kappa shape index (κ2) is 9.28. The van der Waals surface area contributed by atoms with E-state index in [1.165, 1.54) is 32.0 Å². The first-order valence-electron chi connectivity index (χ1n) is 8.48. The summed E-state index contributed by atoms with van der Waals surface area (Å²) in [5, 5.41) is 21.4. The third-order valence-electron chi connectivity index (χ3n) is 2.78. The highest BCUT2D eigenvalue weighted by atomic mass is 35.5. The minimum atomic E-state index is -2.69. The van der Waals surface area contributed by atoms with Crippen molar-refractivity contribution < 1.29 is 23.7 Å². The molecule has 0 bridgehead atoms. The van der Waals surface area contributed by atoms with Gasteiger partial charge in [0.1, 0.15) is 0 Å². The van der Waals surface area contributed by atoms with E-state index in [0.29, 0.717) is 5.02 Å². The maximum atomic E-state index is 12.2. The summed E-state index contributed by atoms with van der Waals surface area (Å²) < 4.78 is 23.8. The summed E-state index contributed by atoms with van der Waals surface area (Å²) in [7, 11) is -2.46. The highest BCUT2D eigenvalue weighted by Crippen LogP contribution is 2.22. The van der Waals surface area contributed by atoms with Crippen LogP contribution >= 0.6 is 23.2 Å². The fraction of sp³-hybridized carbons (Fsp3) is 0.467. The van der Waals surface area contributed by atoms with Crippen molar-refractivity contribution in [3.63, 3.8) is 0 Å². The SMILES string of the molecule is [2H]C([2H])(C(C)C)[C@]([2H])(NC(=O)CCC(=O)c1cc(Cl)ccc1Cl)B(O)O. The fourth-order valence-corrected chi connectivity index (χ4v) is 2.17. The molecule has 3 N–H and O–H groups in total. The lowest BCUT2D eigenvalue weighted by Gasteiger charge is -2.19. The molecule has 0 heterocycles. The standard InChI is InChI=1S/C15H20BCl2NO4/c1-9(2)7-14(16(22)23)19-15(21)6-5-13(20)11-8-10(17)3-4-12(11)18/h3-4,8-9,14,22-23H,5-7H2,1-2H3,(H,19,21)/t14-/m0/s1/i7D2,14D. The number of carbonyl (C=O) groups excluding carboxylic acids is 2. The van der Waals surface area contributed by atoms with Crippen LogP contribution in [0.4, 0.5) is 0 Å². The molecular formula is C15H20BCl2NO4. The molecule has 0 saturated heterocycles. The van der Waals surface area contributed by atoms with Crippen LogP contribution in [0, 0.1) is 5.92 Å². The highest BCUT2D eigenvalue weighted by molar-refractivity contribution is 6.43. The fourth-order valence-electron chi connectivity index (χ4n) is 1.77. The van der Waals surface area contributed by atoms with E-state index in [-0.39, 0.29) is 23.4 Å². The summed E-state index contributed by atoms with van der Waals surface area (Å²) >= 11 is 11.7. The van der Waals surface area contributed by atoms with Crippen LogP contribution in [0.1, 0.15) is 47.5 Å². The van der Waals surface area contributed by atoms with Crippen LogP contribution in [-0.4, -0.2) is 34.8 Å². The van der Waals surface area contributed by atoms with Crippen LogP contribution in [0.3, 0.4) is 0 Å². The Balaban J connectivity index is 2.84. The molecular weight excluding hydrogens is 340 g/mol. The molecule has 0 unspecified atom stereocenters. The molecule has 0 fully saturated rings. The number of ketones is 1. The first kappa shape index (κ1) is 15.5. The molecule has 1 amide bonds. The number of nitrogens with one attached hydrogen (secondary N) is 1. The summed E-state index contributed by atoms with van der Waals surface area (Å²) in [5.41, 5.74) is 0.142. The zero-order valence-corrected chi connectivity index (χ0v) is 14.3. The zero-order valence-electron chi connectivity index (χ0n) is 15.8. The van der Waals surface area contributed by atoms with Gasteiger partial charge in [0.25, 0.3) is 0 Å². The van der Waals surface area contributed by atoms with Gasteiger partial charge in [-0.3, -0.25) is 9.59 Å². The number of benzene rings is 1. The van der Waals surface area contributed by atoms with E-state index >= 15 is 0 Å². The van der Waals surface area contributed by atoms with Crippen molar-refractivity contribution in [2.75, 3.05) is 0 Å². The average molecular weight is 363 g/mol. The first-order chi connectivity index (χ1) is 11.8. The van der Waals surface area contributed by atoms with Gasteiger partial charge in [0, 0.05) is 27.5 Å². The van der Waals surface area contributed by atoms with E-state index in [0.717, 1.165) is 0 Å². The van der Waals surface area contributed by atoms with Crippen LogP contribution < -0.4 is 5.32 Å². The van der Waals surface area contributed by atoms with E-state index in [4.69, 9.17) is 27.3 Å². The molecule has 1 aromatic carbocycles. The third-order valence-corrected chi connectivity index (χ3v) is 3.35. The van der Waals surface area contributed by atoms with Gasteiger partial charge in [-0.1, -0.05) is 37.0 Å². The zero-order chi connectivity index (χ0) is 20.3. The molecule has 0 spiro atoms. The molecule has 0 saturated carbocycles. The van der Waals surface area contributed by atoms with Gasteiger partial charge < -0.3 is 15.4 Å². The van der Waals surface area contributed by atoms with Gasteiger partial charge in [-0.15, -0.1) is 0 Å². The molecule has 0 radical (unpaired) electrons. The average Bonchev–Trinajstić information content (AvgIpc) is 2.54. The summed E-state index contributed by atoms with van der Waals surface area (Å²) in [4.78, 5) is 24.3. The van der Waals surface area contributed by atoms with Crippen molar-refractivity contribution in [1.29, 1.82) is 0 Å². The lowest BCUT2D eigenvalue weighted by atomic mass is 9.75. The Kier molecular flexibility index (Phi) is 6.23. The van der Waals surface area contributed by atoms with Crippen molar-refractivity contribution in [3.05, 3.63) is 33.8 Å². The molecule has 0 aliphatic carbocycles. The predicted octanol–water partition coefficient (Wildman–Crippen LogP) is 2.50.